The topological polar surface area (TPSA) is 85.1 Å². The Bertz CT molecular complexity index is 693. The van der Waals surface area contributed by atoms with Crippen molar-refractivity contribution < 1.29 is 27.3 Å². The Balaban J connectivity index is 2.20. The van der Waals surface area contributed by atoms with Gasteiger partial charge in [-0.15, -0.1) is 0 Å². The maximum Gasteiger partial charge on any atom is 0.471 e. The van der Waals surface area contributed by atoms with E-state index in [2.05, 4.69) is 20.0 Å². The Kier molecular flexibility index (Phi) is 4.25. The van der Waals surface area contributed by atoms with Crippen LogP contribution in [-0.4, -0.2) is 28.4 Å². The number of ketones is 1. The minimum atomic E-state index is -4.72. The fraction of sp³-hybridized carbons (Fsp3) is 0.231. The Morgan fingerprint density at radius 3 is 2.36 bits per heavy atom. The number of nitrogens with zero attached hydrogens (tertiary/aromatic N) is 2. The molecule has 6 nitrogen and oxygen atoms in total. The van der Waals surface area contributed by atoms with Crippen molar-refractivity contribution in [1.82, 2.24) is 15.5 Å². The summed E-state index contributed by atoms with van der Waals surface area (Å²) >= 11 is 0. The SMILES string of the molecule is CCNC(=O)C(=O)c1ccc(-c2noc(C(F)(F)F)n2)cc1. The van der Waals surface area contributed by atoms with Crippen LogP contribution in [0.3, 0.4) is 0 Å². The third-order valence-electron chi connectivity index (χ3n) is 2.62. The van der Waals surface area contributed by atoms with Gasteiger partial charge >= 0.3 is 12.1 Å². The standard InChI is InChI=1S/C13H10F3N3O3/c1-2-17-11(21)9(20)7-3-5-8(6-4-7)10-18-12(22-19-10)13(14,15)16/h3-6H,2H2,1H3,(H,17,21). The average molecular weight is 313 g/mol. The second-order valence-corrected chi connectivity index (χ2v) is 4.19. The van der Waals surface area contributed by atoms with Crippen LogP contribution in [0.4, 0.5) is 13.2 Å². The number of Topliss-reactive ketones (excluding diaryl/α,β-unsaturated/α-hetero) is 1. The highest BCUT2D eigenvalue weighted by Crippen LogP contribution is 2.29. The first-order valence-corrected chi connectivity index (χ1v) is 6.16. The fourth-order valence-corrected chi connectivity index (χ4v) is 1.60. The maximum atomic E-state index is 12.4. The van der Waals surface area contributed by atoms with Crippen molar-refractivity contribution in [3.05, 3.63) is 35.7 Å². The van der Waals surface area contributed by atoms with Crippen molar-refractivity contribution in [2.75, 3.05) is 6.54 Å². The molecule has 9 heteroatoms. The summed E-state index contributed by atoms with van der Waals surface area (Å²) in [7, 11) is 0. The van der Waals surface area contributed by atoms with Crippen molar-refractivity contribution in [3.8, 4) is 11.4 Å². The maximum absolute atomic E-state index is 12.4. The molecule has 0 aliphatic rings. The van der Waals surface area contributed by atoms with E-state index in [0.29, 0.717) is 6.54 Å². The number of carbonyl (C=O) groups is 2. The summed E-state index contributed by atoms with van der Waals surface area (Å²) in [6, 6.07) is 5.27. The second-order valence-electron chi connectivity index (χ2n) is 4.19. The summed E-state index contributed by atoms with van der Waals surface area (Å²) in [5, 5.41) is 5.58. The number of amides is 1. The van der Waals surface area contributed by atoms with E-state index < -0.39 is 23.8 Å². The molecular formula is C13H10F3N3O3. The molecule has 0 aliphatic heterocycles. The molecular weight excluding hydrogens is 303 g/mol. The van der Waals surface area contributed by atoms with Gasteiger partial charge in [0, 0.05) is 17.7 Å². The number of aromatic nitrogens is 2. The van der Waals surface area contributed by atoms with E-state index >= 15 is 0 Å². The fourth-order valence-electron chi connectivity index (χ4n) is 1.60. The van der Waals surface area contributed by atoms with E-state index in [0.717, 1.165) is 0 Å². The van der Waals surface area contributed by atoms with Crippen LogP contribution in [-0.2, 0) is 11.0 Å². The molecule has 1 N–H and O–H groups in total. The Hall–Kier alpha value is -2.71. The van der Waals surface area contributed by atoms with E-state index in [1.54, 1.807) is 6.92 Å². The van der Waals surface area contributed by atoms with Crippen LogP contribution in [0.5, 0.6) is 0 Å². The van der Waals surface area contributed by atoms with Crippen LogP contribution in [0, 0.1) is 0 Å². The van der Waals surface area contributed by atoms with Crippen molar-refractivity contribution in [1.29, 1.82) is 0 Å². The first kappa shape index (κ1) is 15.7. The number of rotatable bonds is 4. The molecule has 0 spiro atoms. The van der Waals surface area contributed by atoms with Crippen LogP contribution in [0.15, 0.2) is 28.8 Å². The highest BCUT2D eigenvalue weighted by atomic mass is 19.4. The smallest absolute Gasteiger partial charge is 0.349 e. The molecule has 0 radical (unpaired) electrons. The van der Waals surface area contributed by atoms with E-state index in [4.69, 9.17) is 0 Å². The molecule has 1 aromatic carbocycles. The minimum absolute atomic E-state index is 0.106. The van der Waals surface area contributed by atoms with Crippen molar-refractivity contribution >= 4 is 11.7 Å². The van der Waals surface area contributed by atoms with Gasteiger partial charge in [-0.3, -0.25) is 9.59 Å². The lowest BCUT2D eigenvalue weighted by atomic mass is 10.1. The summed E-state index contributed by atoms with van der Waals surface area (Å²) < 4.78 is 41.2. The van der Waals surface area contributed by atoms with Crippen molar-refractivity contribution in [2.45, 2.75) is 13.1 Å². The average Bonchev–Trinajstić information content (AvgIpc) is 2.97. The third-order valence-corrected chi connectivity index (χ3v) is 2.62. The lowest BCUT2D eigenvalue weighted by Crippen LogP contribution is -2.30. The summed E-state index contributed by atoms with van der Waals surface area (Å²) in [5.74, 6) is -3.21. The minimum Gasteiger partial charge on any atom is -0.349 e. The van der Waals surface area contributed by atoms with Gasteiger partial charge in [0.2, 0.25) is 11.6 Å². The van der Waals surface area contributed by atoms with Gasteiger partial charge in [-0.05, 0) is 6.92 Å². The lowest BCUT2D eigenvalue weighted by Gasteiger charge is -2.02. The predicted molar refractivity (Wildman–Crippen MR) is 67.8 cm³/mol. The van der Waals surface area contributed by atoms with Gasteiger partial charge in [-0.25, -0.2) is 0 Å². The van der Waals surface area contributed by atoms with E-state index in [1.165, 1.54) is 24.3 Å². The molecule has 0 aliphatic carbocycles. The van der Waals surface area contributed by atoms with Crippen molar-refractivity contribution in [3.63, 3.8) is 0 Å². The zero-order valence-corrected chi connectivity index (χ0v) is 11.3. The Morgan fingerprint density at radius 2 is 1.86 bits per heavy atom. The van der Waals surface area contributed by atoms with E-state index in [1.807, 2.05) is 0 Å². The summed E-state index contributed by atoms with van der Waals surface area (Å²) in [6.45, 7) is 1.98. The van der Waals surface area contributed by atoms with Gasteiger partial charge < -0.3 is 9.84 Å². The van der Waals surface area contributed by atoms with E-state index in [9.17, 15) is 22.8 Å². The number of halogens is 3. The predicted octanol–water partition coefficient (Wildman–Crippen LogP) is 2.07. The Morgan fingerprint density at radius 1 is 1.23 bits per heavy atom. The number of benzene rings is 1. The van der Waals surface area contributed by atoms with Gasteiger partial charge in [0.15, 0.2) is 0 Å². The molecule has 0 bridgehead atoms. The zero-order chi connectivity index (χ0) is 16.3. The highest BCUT2D eigenvalue weighted by Gasteiger charge is 2.38. The van der Waals surface area contributed by atoms with Crippen LogP contribution < -0.4 is 5.32 Å². The lowest BCUT2D eigenvalue weighted by molar-refractivity contribution is -0.159. The van der Waals surface area contributed by atoms with Crippen LogP contribution in [0.2, 0.25) is 0 Å². The third kappa shape index (κ3) is 3.30. The molecule has 0 unspecified atom stereocenters. The molecule has 0 atom stereocenters. The van der Waals surface area contributed by atoms with Crippen LogP contribution >= 0.6 is 0 Å². The molecule has 2 aromatic rings. The number of nitrogens with one attached hydrogen (secondary N) is 1. The zero-order valence-electron chi connectivity index (χ0n) is 11.3. The summed E-state index contributed by atoms with van der Waals surface area (Å²) in [5.41, 5.74) is 0.334. The van der Waals surface area contributed by atoms with Gasteiger partial charge in [0.1, 0.15) is 0 Å². The Labute approximate surface area is 122 Å². The first-order chi connectivity index (χ1) is 10.3. The molecule has 0 saturated carbocycles. The monoisotopic (exact) mass is 313 g/mol. The number of alkyl halides is 3. The highest BCUT2D eigenvalue weighted by molar-refractivity contribution is 6.42. The molecule has 2 rings (SSSR count). The van der Waals surface area contributed by atoms with Gasteiger partial charge in [-0.2, -0.15) is 18.2 Å². The first-order valence-electron chi connectivity index (χ1n) is 6.16. The summed E-state index contributed by atoms with van der Waals surface area (Å²) in [6.07, 6.45) is -4.72. The number of likely N-dealkylation sites (N-methyl/N-ethyl adjacent to an activating group) is 1. The molecule has 1 amide bonds. The molecule has 0 fully saturated rings. The molecule has 22 heavy (non-hydrogen) atoms. The van der Waals surface area contributed by atoms with Gasteiger partial charge in [-0.1, -0.05) is 29.4 Å². The summed E-state index contributed by atoms with van der Waals surface area (Å²) in [4.78, 5) is 26.3. The molecule has 1 aromatic heterocycles. The second kappa shape index (κ2) is 5.96. The molecule has 1 heterocycles. The van der Waals surface area contributed by atoms with E-state index in [-0.39, 0.29) is 17.0 Å². The van der Waals surface area contributed by atoms with Crippen LogP contribution in [0.1, 0.15) is 23.2 Å². The quantitative estimate of drug-likeness (QED) is 0.690. The van der Waals surface area contributed by atoms with Gasteiger partial charge in [0.25, 0.3) is 5.91 Å². The van der Waals surface area contributed by atoms with Crippen LogP contribution in [0.25, 0.3) is 11.4 Å². The van der Waals surface area contributed by atoms with Gasteiger partial charge in [0.05, 0.1) is 0 Å². The number of carbonyl (C=O) groups excluding carboxylic acids is 2. The molecule has 116 valence electrons. The largest absolute Gasteiger partial charge is 0.471 e. The molecule has 0 saturated heterocycles. The normalized spacial score (nSPS) is 11.3. The number of hydrogen-bond donors (Lipinski definition) is 1. The number of hydrogen-bond acceptors (Lipinski definition) is 5. The van der Waals surface area contributed by atoms with Crippen molar-refractivity contribution in [2.24, 2.45) is 0 Å².